The zero-order valence-corrected chi connectivity index (χ0v) is 9.94. The average Bonchev–Trinajstić information content (AvgIpc) is 2.96. The van der Waals surface area contributed by atoms with Crippen LogP contribution in [0.3, 0.4) is 0 Å². The molecule has 90 valence electrons. The van der Waals surface area contributed by atoms with Gasteiger partial charge in [0.15, 0.2) is 5.82 Å². The molecule has 0 aliphatic carbocycles. The zero-order valence-electron chi connectivity index (χ0n) is 9.12. The van der Waals surface area contributed by atoms with Gasteiger partial charge in [0.05, 0.1) is 6.54 Å². The molecule has 0 aromatic carbocycles. The number of amides is 2. The van der Waals surface area contributed by atoms with Crippen LogP contribution in [0.1, 0.15) is 12.7 Å². The summed E-state index contributed by atoms with van der Waals surface area (Å²) in [7, 11) is 0. The number of hydrogen-bond donors (Lipinski definition) is 2. The lowest BCUT2D eigenvalue weighted by molar-refractivity contribution is 0.251. The lowest BCUT2D eigenvalue weighted by Gasteiger charge is -2.05. The summed E-state index contributed by atoms with van der Waals surface area (Å²) in [5, 5.41) is 20.7. The highest BCUT2D eigenvalue weighted by atomic mass is 32.1. The number of urea groups is 1. The molecule has 2 N–H and O–H groups in total. The fourth-order valence-electron chi connectivity index (χ4n) is 1.21. The number of hydrogen-bond acceptors (Lipinski definition) is 6. The predicted molar refractivity (Wildman–Crippen MR) is 61.5 cm³/mol. The molecule has 0 radical (unpaired) electrons. The van der Waals surface area contributed by atoms with E-state index >= 15 is 0 Å². The van der Waals surface area contributed by atoms with Gasteiger partial charge in [0.25, 0.3) is 0 Å². The van der Waals surface area contributed by atoms with Crippen molar-refractivity contribution in [2.75, 3.05) is 5.32 Å². The van der Waals surface area contributed by atoms with E-state index in [9.17, 15) is 4.79 Å². The van der Waals surface area contributed by atoms with Gasteiger partial charge in [-0.15, -0.1) is 20.4 Å². The van der Waals surface area contributed by atoms with Crippen LogP contribution < -0.4 is 10.6 Å². The normalized spacial score (nSPS) is 10.2. The molecule has 2 aromatic rings. The summed E-state index contributed by atoms with van der Waals surface area (Å²) in [4.78, 5) is 11.5. The Balaban J connectivity index is 1.84. The maximum Gasteiger partial charge on any atom is 0.321 e. The Hall–Kier alpha value is -2.03. The molecule has 0 bridgehead atoms. The van der Waals surface area contributed by atoms with Gasteiger partial charge in [0.2, 0.25) is 5.13 Å². The molecule has 8 nitrogen and oxygen atoms in total. The van der Waals surface area contributed by atoms with Crippen LogP contribution in [0, 0.1) is 0 Å². The molecular weight excluding hydrogens is 242 g/mol. The number of rotatable bonds is 4. The second kappa shape index (κ2) is 5.34. The van der Waals surface area contributed by atoms with E-state index < -0.39 is 0 Å². The van der Waals surface area contributed by atoms with Gasteiger partial charge in [-0.05, 0) is 6.92 Å². The van der Waals surface area contributed by atoms with E-state index in [4.69, 9.17) is 0 Å². The van der Waals surface area contributed by atoms with Gasteiger partial charge in [-0.2, -0.15) is 0 Å². The molecule has 0 aliphatic rings. The quantitative estimate of drug-likeness (QED) is 0.825. The third-order valence-corrected chi connectivity index (χ3v) is 2.63. The Morgan fingerprint density at radius 3 is 3.06 bits per heavy atom. The number of nitrogens with one attached hydrogen (secondary N) is 2. The summed E-state index contributed by atoms with van der Waals surface area (Å²) in [6.45, 7) is 3.06. The van der Waals surface area contributed by atoms with Crippen molar-refractivity contribution >= 4 is 22.5 Å². The molecule has 0 aliphatic heterocycles. The lowest BCUT2D eigenvalue weighted by atomic mass is 10.5. The van der Waals surface area contributed by atoms with E-state index in [1.807, 2.05) is 11.5 Å². The van der Waals surface area contributed by atoms with Crippen LogP contribution in [0.15, 0.2) is 11.8 Å². The van der Waals surface area contributed by atoms with Crippen molar-refractivity contribution in [3.63, 3.8) is 0 Å². The first-order valence-electron chi connectivity index (χ1n) is 4.97. The van der Waals surface area contributed by atoms with Crippen molar-refractivity contribution < 1.29 is 4.79 Å². The molecule has 0 spiro atoms. The van der Waals surface area contributed by atoms with Gasteiger partial charge >= 0.3 is 6.03 Å². The molecule has 9 heteroatoms. The predicted octanol–water partition coefficient (Wildman–Crippen LogP) is 0.471. The summed E-state index contributed by atoms with van der Waals surface area (Å²) in [5.74, 6) is 0.708. The van der Waals surface area contributed by atoms with E-state index in [0.717, 1.165) is 6.54 Å². The van der Waals surface area contributed by atoms with Crippen molar-refractivity contribution in [3.8, 4) is 0 Å². The van der Waals surface area contributed by atoms with Crippen LogP contribution in [-0.2, 0) is 13.1 Å². The molecular formula is C8H11N7OS. The highest BCUT2D eigenvalue weighted by molar-refractivity contribution is 7.13. The van der Waals surface area contributed by atoms with Crippen LogP contribution in [0.5, 0.6) is 0 Å². The van der Waals surface area contributed by atoms with Crippen molar-refractivity contribution in [2.45, 2.75) is 20.0 Å². The van der Waals surface area contributed by atoms with Crippen LogP contribution in [0.4, 0.5) is 9.93 Å². The third kappa shape index (κ3) is 2.97. The fourth-order valence-corrected chi connectivity index (χ4v) is 1.65. The number of carbonyl (C=O) groups is 1. The smallest absolute Gasteiger partial charge is 0.321 e. The van der Waals surface area contributed by atoms with Crippen LogP contribution in [0.25, 0.3) is 0 Å². The Morgan fingerprint density at radius 2 is 2.35 bits per heavy atom. The summed E-state index contributed by atoms with van der Waals surface area (Å²) >= 11 is 1.25. The van der Waals surface area contributed by atoms with Gasteiger partial charge in [0.1, 0.15) is 11.8 Å². The average molecular weight is 253 g/mol. The highest BCUT2D eigenvalue weighted by Crippen LogP contribution is 2.07. The lowest BCUT2D eigenvalue weighted by Crippen LogP contribution is -2.29. The molecule has 0 fully saturated rings. The topological polar surface area (TPSA) is 97.6 Å². The van der Waals surface area contributed by atoms with Crippen molar-refractivity contribution in [2.24, 2.45) is 0 Å². The molecule has 0 atom stereocenters. The van der Waals surface area contributed by atoms with Crippen molar-refractivity contribution in [1.82, 2.24) is 30.3 Å². The second-order valence-electron chi connectivity index (χ2n) is 3.08. The SMILES string of the molecule is CCn1cnnc1CNC(=O)Nc1nncs1. The first-order valence-corrected chi connectivity index (χ1v) is 5.85. The first-order chi connectivity index (χ1) is 8.29. The third-order valence-electron chi connectivity index (χ3n) is 2.02. The zero-order chi connectivity index (χ0) is 12.1. The Labute approximate surface area is 101 Å². The summed E-state index contributed by atoms with van der Waals surface area (Å²) < 4.78 is 1.85. The monoisotopic (exact) mass is 253 g/mol. The molecule has 2 amide bonds. The van der Waals surface area contributed by atoms with Gasteiger partial charge in [0, 0.05) is 6.54 Å². The standard InChI is InChI=1S/C8H11N7OS/c1-2-15-4-10-13-6(15)3-9-7(16)12-8-14-11-5-17-8/h4-5H,2-3H2,1H3,(H2,9,12,14,16). The van der Waals surface area contributed by atoms with Crippen LogP contribution in [-0.4, -0.2) is 31.0 Å². The van der Waals surface area contributed by atoms with Crippen LogP contribution in [0.2, 0.25) is 0 Å². The minimum absolute atomic E-state index is 0.318. The molecule has 2 heterocycles. The van der Waals surface area contributed by atoms with Crippen LogP contribution >= 0.6 is 11.3 Å². The van der Waals surface area contributed by atoms with E-state index in [0.29, 0.717) is 17.5 Å². The molecule has 0 unspecified atom stereocenters. The minimum Gasteiger partial charge on any atom is -0.331 e. The number of anilines is 1. The number of carbonyl (C=O) groups excluding carboxylic acids is 1. The number of aromatic nitrogens is 5. The molecule has 2 aromatic heterocycles. The maximum absolute atomic E-state index is 11.5. The first kappa shape index (κ1) is 11.5. The second-order valence-corrected chi connectivity index (χ2v) is 3.92. The molecule has 0 saturated heterocycles. The Morgan fingerprint density at radius 1 is 1.47 bits per heavy atom. The minimum atomic E-state index is -0.340. The largest absolute Gasteiger partial charge is 0.331 e. The molecule has 2 rings (SSSR count). The maximum atomic E-state index is 11.5. The molecule has 0 saturated carbocycles. The summed E-state index contributed by atoms with van der Waals surface area (Å²) in [6.07, 6.45) is 1.62. The number of nitrogens with zero attached hydrogens (tertiary/aromatic N) is 5. The van der Waals surface area contributed by atoms with Gasteiger partial charge in [-0.3, -0.25) is 5.32 Å². The summed E-state index contributed by atoms with van der Waals surface area (Å²) in [6, 6.07) is -0.340. The van der Waals surface area contributed by atoms with E-state index in [-0.39, 0.29) is 6.03 Å². The van der Waals surface area contributed by atoms with Crippen molar-refractivity contribution in [3.05, 3.63) is 17.7 Å². The van der Waals surface area contributed by atoms with E-state index in [1.54, 1.807) is 11.8 Å². The van der Waals surface area contributed by atoms with E-state index in [2.05, 4.69) is 31.0 Å². The van der Waals surface area contributed by atoms with Gasteiger partial charge in [-0.1, -0.05) is 11.3 Å². The van der Waals surface area contributed by atoms with Gasteiger partial charge in [-0.25, -0.2) is 4.79 Å². The van der Waals surface area contributed by atoms with Gasteiger partial charge < -0.3 is 9.88 Å². The highest BCUT2D eigenvalue weighted by Gasteiger charge is 2.06. The van der Waals surface area contributed by atoms with E-state index in [1.165, 1.54) is 11.3 Å². The number of aryl methyl sites for hydroxylation is 1. The molecule has 17 heavy (non-hydrogen) atoms. The Bertz CT molecular complexity index is 480. The Kier molecular flexibility index (Phi) is 3.60. The summed E-state index contributed by atoms with van der Waals surface area (Å²) in [5.41, 5.74) is 1.54. The fraction of sp³-hybridized carbons (Fsp3) is 0.375. The van der Waals surface area contributed by atoms with Crippen molar-refractivity contribution in [1.29, 1.82) is 0 Å².